The molecule has 2 fully saturated rings. The molecule has 0 aliphatic heterocycles. The fraction of sp³-hybridized carbons (Fsp3) is 0.632. The lowest BCUT2D eigenvalue weighted by atomic mass is 9.92. The minimum atomic E-state index is 0.548. The highest BCUT2D eigenvalue weighted by Gasteiger charge is 2.36. The van der Waals surface area contributed by atoms with Gasteiger partial charge in [-0.1, -0.05) is 45.9 Å². The second-order valence-electron chi connectivity index (χ2n) is 7.28. The molecule has 0 heterocycles. The first kappa shape index (κ1) is 13.9. The molecule has 0 aromatic heterocycles. The van der Waals surface area contributed by atoms with Gasteiger partial charge in [0, 0.05) is 5.71 Å². The van der Waals surface area contributed by atoms with Crippen molar-refractivity contribution in [2.24, 2.45) is 16.8 Å². The summed E-state index contributed by atoms with van der Waals surface area (Å²) in [4.78, 5) is 5.20. The first-order valence-electron chi connectivity index (χ1n) is 8.26. The standard InChI is InChI=1S/C19H27N/c1-12(2)16-6-5-7-17(13(3)4)19(16)20-18-11-14-8-9-15(18)10-14/h5-7,12-15H,8-11H2,1-4H3. The first-order valence-corrected chi connectivity index (χ1v) is 8.26. The predicted octanol–water partition coefficient (Wildman–Crippen LogP) is 5.83. The molecule has 0 N–H and O–H groups in total. The molecular formula is C19H27N. The van der Waals surface area contributed by atoms with Gasteiger partial charge in [-0.05, 0) is 60.5 Å². The molecule has 0 saturated heterocycles. The third-order valence-corrected chi connectivity index (χ3v) is 5.11. The molecule has 2 saturated carbocycles. The number of hydrogen-bond acceptors (Lipinski definition) is 1. The van der Waals surface area contributed by atoms with E-state index in [0.717, 1.165) is 11.8 Å². The van der Waals surface area contributed by atoms with Crippen LogP contribution in [0.4, 0.5) is 5.69 Å². The van der Waals surface area contributed by atoms with Crippen LogP contribution in [0.25, 0.3) is 0 Å². The highest BCUT2D eigenvalue weighted by molar-refractivity contribution is 5.92. The zero-order valence-corrected chi connectivity index (χ0v) is 13.3. The van der Waals surface area contributed by atoms with Gasteiger partial charge >= 0.3 is 0 Å². The van der Waals surface area contributed by atoms with Crippen LogP contribution in [0.1, 0.15) is 76.3 Å². The Morgan fingerprint density at radius 3 is 2.10 bits per heavy atom. The Labute approximate surface area is 123 Å². The van der Waals surface area contributed by atoms with Gasteiger partial charge in [0.1, 0.15) is 0 Å². The SMILES string of the molecule is CC(C)c1cccc(C(C)C)c1N=C1CC2CCC1C2. The summed E-state index contributed by atoms with van der Waals surface area (Å²) in [5.41, 5.74) is 5.63. The van der Waals surface area contributed by atoms with Crippen LogP contribution in [0.2, 0.25) is 0 Å². The van der Waals surface area contributed by atoms with Gasteiger partial charge in [-0.3, -0.25) is 4.99 Å². The summed E-state index contributed by atoms with van der Waals surface area (Å²) in [5, 5.41) is 0. The molecule has 1 aromatic carbocycles. The Balaban J connectivity index is 2.05. The van der Waals surface area contributed by atoms with Gasteiger partial charge in [-0.2, -0.15) is 0 Å². The van der Waals surface area contributed by atoms with Crippen LogP contribution in [0.5, 0.6) is 0 Å². The summed E-state index contributed by atoms with van der Waals surface area (Å²) >= 11 is 0. The first-order chi connectivity index (χ1) is 9.56. The lowest BCUT2D eigenvalue weighted by Gasteiger charge is -2.19. The molecule has 2 atom stereocenters. The van der Waals surface area contributed by atoms with Crippen molar-refractivity contribution in [2.75, 3.05) is 0 Å². The average molecular weight is 269 g/mol. The second kappa shape index (κ2) is 5.35. The van der Waals surface area contributed by atoms with Gasteiger partial charge in [-0.15, -0.1) is 0 Å². The predicted molar refractivity (Wildman–Crippen MR) is 87.2 cm³/mol. The smallest absolute Gasteiger partial charge is 0.0698 e. The Morgan fingerprint density at radius 2 is 1.65 bits per heavy atom. The van der Waals surface area contributed by atoms with Gasteiger partial charge < -0.3 is 0 Å². The summed E-state index contributed by atoms with van der Waals surface area (Å²) in [7, 11) is 0. The van der Waals surface area contributed by atoms with Crippen LogP contribution in [0.15, 0.2) is 23.2 Å². The van der Waals surface area contributed by atoms with Crippen molar-refractivity contribution in [1.29, 1.82) is 0 Å². The van der Waals surface area contributed by atoms with E-state index in [0.29, 0.717) is 11.8 Å². The molecule has 0 amide bonds. The summed E-state index contributed by atoms with van der Waals surface area (Å²) in [6.45, 7) is 9.13. The third-order valence-electron chi connectivity index (χ3n) is 5.11. The number of fused-ring (bicyclic) bond motifs is 2. The Kier molecular flexibility index (Phi) is 3.70. The van der Waals surface area contributed by atoms with Gasteiger partial charge in [-0.25, -0.2) is 0 Å². The molecule has 1 heteroatoms. The monoisotopic (exact) mass is 269 g/mol. The number of aliphatic imine (C=N–C) groups is 1. The quantitative estimate of drug-likeness (QED) is 0.655. The van der Waals surface area contributed by atoms with Gasteiger partial charge in [0.2, 0.25) is 0 Å². The maximum absolute atomic E-state index is 5.20. The lowest BCUT2D eigenvalue weighted by Crippen LogP contribution is -2.09. The number of hydrogen-bond donors (Lipinski definition) is 0. The third kappa shape index (κ3) is 2.43. The fourth-order valence-corrected chi connectivity index (χ4v) is 3.95. The molecular weight excluding hydrogens is 242 g/mol. The molecule has 1 nitrogen and oxygen atoms in total. The van der Waals surface area contributed by atoms with E-state index in [9.17, 15) is 0 Å². The molecule has 0 spiro atoms. The molecule has 108 valence electrons. The van der Waals surface area contributed by atoms with Crippen LogP contribution in [0.3, 0.4) is 0 Å². The van der Waals surface area contributed by atoms with Crippen molar-refractivity contribution in [3.8, 4) is 0 Å². The van der Waals surface area contributed by atoms with Crippen molar-refractivity contribution in [3.63, 3.8) is 0 Å². The van der Waals surface area contributed by atoms with E-state index in [2.05, 4.69) is 45.9 Å². The van der Waals surface area contributed by atoms with Crippen LogP contribution in [0, 0.1) is 11.8 Å². The van der Waals surface area contributed by atoms with Crippen LogP contribution >= 0.6 is 0 Å². The Hall–Kier alpha value is -1.11. The van der Waals surface area contributed by atoms with Crippen molar-refractivity contribution in [3.05, 3.63) is 29.3 Å². The van der Waals surface area contributed by atoms with Gasteiger partial charge in [0.05, 0.1) is 5.69 Å². The van der Waals surface area contributed by atoms with E-state index in [1.54, 1.807) is 0 Å². The van der Waals surface area contributed by atoms with E-state index in [4.69, 9.17) is 4.99 Å². The largest absolute Gasteiger partial charge is 0.257 e. The highest BCUT2D eigenvalue weighted by atomic mass is 14.8. The highest BCUT2D eigenvalue weighted by Crippen LogP contribution is 2.44. The molecule has 3 rings (SSSR count). The van der Waals surface area contributed by atoms with Crippen molar-refractivity contribution >= 4 is 11.4 Å². The van der Waals surface area contributed by atoms with Crippen LogP contribution in [-0.4, -0.2) is 5.71 Å². The maximum Gasteiger partial charge on any atom is 0.0698 e. The van der Waals surface area contributed by atoms with E-state index in [-0.39, 0.29) is 0 Å². The average Bonchev–Trinajstić information content (AvgIpc) is 3.00. The van der Waals surface area contributed by atoms with E-state index < -0.39 is 0 Å². The van der Waals surface area contributed by atoms with Gasteiger partial charge in [0.15, 0.2) is 0 Å². The zero-order valence-electron chi connectivity index (χ0n) is 13.3. The normalized spacial score (nSPS) is 27.2. The van der Waals surface area contributed by atoms with Gasteiger partial charge in [0.25, 0.3) is 0 Å². The minimum absolute atomic E-state index is 0.548. The number of benzene rings is 1. The molecule has 2 bridgehead atoms. The fourth-order valence-electron chi connectivity index (χ4n) is 3.95. The number of nitrogens with zero attached hydrogens (tertiary/aromatic N) is 1. The topological polar surface area (TPSA) is 12.4 Å². The van der Waals surface area contributed by atoms with Crippen molar-refractivity contribution < 1.29 is 0 Å². The Morgan fingerprint density at radius 1 is 1.00 bits per heavy atom. The van der Waals surface area contributed by atoms with E-state index in [1.807, 2.05) is 0 Å². The summed E-state index contributed by atoms with van der Waals surface area (Å²) in [6.07, 6.45) is 5.48. The number of rotatable bonds is 3. The summed E-state index contributed by atoms with van der Waals surface area (Å²) in [6, 6.07) is 6.74. The molecule has 2 aliphatic carbocycles. The lowest BCUT2D eigenvalue weighted by molar-refractivity contribution is 0.592. The molecule has 2 aliphatic rings. The molecule has 20 heavy (non-hydrogen) atoms. The van der Waals surface area contributed by atoms with E-state index in [1.165, 1.54) is 48.2 Å². The minimum Gasteiger partial charge on any atom is -0.257 e. The molecule has 1 aromatic rings. The summed E-state index contributed by atoms with van der Waals surface area (Å²) < 4.78 is 0. The molecule has 0 radical (unpaired) electrons. The molecule has 2 unspecified atom stereocenters. The van der Waals surface area contributed by atoms with Crippen LogP contribution in [-0.2, 0) is 0 Å². The Bertz CT molecular complexity index is 498. The van der Waals surface area contributed by atoms with Crippen LogP contribution < -0.4 is 0 Å². The van der Waals surface area contributed by atoms with E-state index >= 15 is 0 Å². The zero-order chi connectivity index (χ0) is 14.3. The van der Waals surface area contributed by atoms with Crippen molar-refractivity contribution in [2.45, 2.75) is 65.2 Å². The summed E-state index contributed by atoms with van der Waals surface area (Å²) in [5.74, 6) is 2.82. The second-order valence-corrected chi connectivity index (χ2v) is 7.28. The maximum atomic E-state index is 5.20. The van der Waals surface area contributed by atoms with Crippen molar-refractivity contribution in [1.82, 2.24) is 0 Å². The number of para-hydroxylation sites is 1.